The molecule has 7 heteroatoms. The van der Waals surface area contributed by atoms with Crippen LogP contribution in [-0.2, 0) is 4.74 Å². The van der Waals surface area contributed by atoms with Gasteiger partial charge >= 0.3 is 12.1 Å². The van der Waals surface area contributed by atoms with Gasteiger partial charge in [0, 0.05) is 10.2 Å². The van der Waals surface area contributed by atoms with Gasteiger partial charge in [0.1, 0.15) is 6.04 Å². The Morgan fingerprint density at radius 1 is 0.897 bits per heavy atom. The molecule has 0 bridgehead atoms. The third-order valence-electron chi connectivity index (χ3n) is 4.37. The summed E-state index contributed by atoms with van der Waals surface area (Å²) in [5, 5.41) is 2.55. The second-order valence-electron chi connectivity index (χ2n) is 6.32. The molecule has 0 aromatic heterocycles. The van der Waals surface area contributed by atoms with Crippen molar-refractivity contribution in [2.45, 2.75) is 12.2 Å². The Morgan fingerprint density at radius 3 is 1.90 bits per heavy atom. The van der Waals surface area contributed by atoms with Gasteiger partial charge in [-0.1, -0.05) is 52.3 Å². The first-order valence-corrected chi connectivity index (χ1v) is 9.45. The van der Waals surface area contributed by atoms with Gasteiger partial charge in [0.25, 0.3) is 0 Å². The largest absolute Gasteiger partial charge is 0.465 e. The Labute approximate surface area is 174 Å². The molecule has 0 aliphatic rings. The van der Waals surface area contributed by atoms with E-state index in [1.165, 1.54) is 19.2 Å². The van der Waals surface area contributed by atoms with Crippen molar-refractivity contribution in [3.05, 3.63) is 88.4 Å². The maximum atomic E-state index is 13.6. The summed E-state index contributed by atoms with van der Waals surface area (Å²) in [6.45, 7) is 0. The van der Waals surface area contributed by atoms with Crippen LogP contribution >= 0.6 is 15.9 Å². The van der Waals surface area contributed by atoms with Gasteiger partial charge in [0.15, 0.2) is 0 Å². The molecular formula is C22H17BrF3NO2. The second kappa shape index (κ2) is 8.69. The molecule has 0 saturated carbocycles. The fraction of sp³-hybridized carbons (Fsp3) is 0.136. The lowest BCUT2D eigenvalue weighted by Crippen LogP contribution is -2.27. The van der Waals surface area contributed by atoms with Gasteiger partial charge in [-0.3, -0.25) is 0 Å². The Balaban J connectivity index is 1.83. The van der Waals surface area contributed by atoms with E-state index in [1.54, 1.807) is 60.7 Å². The predicted octanol–water partition coefficient (Wildman–Crippen LogP) is 6.62. The number of hydrogen-bond acceptors (Lipinski definition) is 3. The van der Waals surface area contributed by atoms with Crippen molar-refractivity contribution in [2.75, 3.05) is 12.4 Å². The van der Waals surface area contributed by atoms with E-state index in [1.807, 2.05) is 0 Å². The van der Waals surface area contributed by atoms with Crippen molar-refractivity contribution in [1.29, 1.82) is 0 Å². The molecular weight excluding hydrogens is 447 g/mol. The SMILES string of the molecule is COC(=O)c1ccc(-c2ccc(C(Nc3ccc(Br)cc3)C(F)(F)F)cc2)cc1. The van der Waals surface area contributed by atoms with Gasteiger partial charge in [-0.05, 0) is 53.1 Å². The smallest absolute Gasteiger partial charge is 0.412 e. The first-order valence-electron chi connectivity index (χ1n) is 8.65. The number of methoxy groups -OCH3 is 1. The van der Waals surface area contributed by atoms with E-state index < -0.39 is 18.2 Å². The summed E-state index contributed by atoms with van der Waals surface area (Å²) in [5.41, 5.74) is 2.42. The van der Waals surface area contributed by atoms with E-state index in [-0.39, 0.29) is 5.56 Å². The highest BCUT2D eigenvalue weighted by atomic mass is 79.9. The molecule has 3 aromatic carbocycles. The number of halogens is 4. The zero-order chi connectivity index (χ0) is 21.0. The third kappa shape index (κ3) is 5.17. The summed E-state index contributed by atoms with van der Waals surface area (Å²) in [5.74, 6) is -0.445. The number of hydrogen-bond donors (Lipinski definition) is 1. The maximum absolute atomic E-state index is 13.6. The molecule has 0 heterocycles. The number of ether oxygens (including phenoxy) is 1. The summed E-state index contributed by atoms with van der Waals surface area (Å²) in [7, 11) is 1.30. The molecule has 1 N–H and O–H groups in total. The van der Waals surface area contributed by atoms with Crippen LogP contribution in [0.4, 0.5) is 18.9 Å². The van der Waals surface area contributed by atoms with Crippen LogP contribution in [0.3, 0.4) is 0 Å². The zero-order valence-electron chi connectivity index (χ0n) is 15.3. The first-order chi connectivity index (χ1) is 13.8. The summed E-state index contributed by atoms with van der Waals surface area (Å²) >= 11 is 3.27. The van der Waals surface area contributed by atoms with Gasteiger partial charge in [-0.25, -0.2) is 4.79 Å². The molecule has 3 nitrogen and oxygen atoms in total. The van der Waals surface area contributed by atoms with Crippen molar-refractivity contribution in [3.63, 3.8) is 0 Å². The van der Waals surface area contributed by atoms with Crippen LogP contribution in [0.5, 0.6) is 0 Å². The average Bonchev–Trinajstić information content (AvgIpc) is 2.72. The first kappa shape index (κ1) is 20.9. The lowest BCUT2D eigenvalue weighted by atomic mass is 9.99. The highest BCUT2D eigenvalue weighted by Gasteiger charge is 2.40. The Bertz CT molecular complexity index is 969. The minimum atomic E-state index is -4.46. The van der Waals surface area contributed by atoms with Crippen LogP contribution in [0, 0.1) is 0 Å². The van der Waals surface area contributed by atoms with Crippen LogP contribution in [0.1, 0.15) is 22.0 Å². The van der Waals surface area contributed by atoms with E-state index in [9.17, 15) is 18.0 Å². The zero-order valence-corrected chi connectivity index (χ0v) is 16.9. The molecule has 1 atom stereocenters. The number of alkyl halides is 3. The van der Waals surface area contributed by atoms with Crippen LogP contribution in [-0.4, -0.2) is 19.3 Å². The molecule has 0 radical (unpaired) electrons. The molecule has 0 amide bonds. The third-order valence-corrected chi connectivity index (χ3v) is 4.89. The number of anilines is 1. The summed E-state index contributed by atoms with van der Waals surface area (Å²) in [6.07, 6.45) is -4.46. The van der Waals surface area contributed by atoms with Crippen molar-refractivity contribution in [3.8, 4) is 11.1 Å². The van der Waals surface area contributed by atoms with Crippen molar-refractivity contribution < 1.29 is 22.7 Å². The van der Waals surface area contributed by atoms with Gasteiger partial charge < -0.3 is 10.1 Å². The number of rotatable bonds is 5. The Morgan fingerprint density at radius 2 is 1.41 bits per heavy atom. The average molecular weight is 464 g/mol. The van der Waals surface area contributed by atoms with E-state index in [4.69, 9.17) is 0 Å². The maximum Gasteiger partial charge on any atom is 0.412 e. The molecule has 0 fully saturated rings. The minimum absolute atomic E-state index is 0.107. The Kier molecular flexibility index (Phi) is 6.27. The summed E-state index contributed by atoms with van der Waals surface area (Å²) in [4.78, 5) is 11.5. The lowest BCUT2D eigenvalue weighted by Gasteiger charge is -2.23. The van der Waals surface area contributed by atoms with Crippen molar-refractivity contribution in [1.82, 2.24) is 0 Å². The summed E-state index contributed by atoms with van der Waals surface area (Å²) < 4.78 is 46.3. The van der Waals surface area contributed by atoms with Crippen molar-refractivity contribution >= 4 is 27.6 Å². The quantitative estimate of drug-likeness (QED) is 0.432. The van der Waals surface area contributed by atoms with Gasteiger partial charge in [-0.15, -0.1) is 0 Å². The van der Waals surface area contributed by atoms with Crippen molar-refractivity contribution in [2.24, 2.45) is 0 Å². The van der Waals surface area contributed by atoms with Crippen LogP contribution in [0.15, 0.2) is 77.3 Å². The second-order valence-corrected chi connectivity index (χ2v) is 7.23. The molecule has 3 aromatic rings. The Hall–Kier alpha value is -2.80. The molecule has 0 aliphatic carbocycles. The highest BCUT2D eigenvalue weighted by molar-refractivity contribution is 9.10. The topological polar surface area (TPSA) is 38.3 Å². The molecule has 29 heavy (non-hydrogen) atoms. The summed E-state index contributed by atoms with van der Waals surface area (Å²) in [6, 6.07) is 17.5. The van der Waals surface area contributed by atoms with E-state index in [0.717, 1.165) is 15.6 Å². The van der Waals surface area contributed by atoms with E-state index >= 15 is 0 Å². The highest BCUT2D eigenvalue weighted by Crippen LogP contribution is 2.36. The molecule has 0 saturated heterocycles. The van der Waals surface area contributed by atoms with Crippen LogP contribution in [0.25, 0.3) is 11.1 Å². The van der Waals surface area contributed by atoms with Gasteiger partial charge in [-0.2, -0.15) is 13.2 Å². The number of carbonyl (C=O) groups excluding carboxylic acids is 1. The molecule has 0 spiro atoms. The van der Waals surface area contributed by atoms with Gasteiger partial charge in [0.2, 0.25) is 0 Å². The number of nitrogens with one attached hydrogen (secondary N) is 1. The monoisotopic (exact) mass is 463 g/mol. The number of benzene rings is 3. The normalized spacial score (nSPS) is 12.3. The standard InChI is InChI=1S/C22H17BrF3NO2/c1-29-21(28)17-8-4-15(5-9-17)14-2-6-16(7-3-14)20(22(24,25)26)27-19-12-10-18(23)11-13-19/h2-13,20,27H,1H3. The fourth-order valence-electron chi connectivity index (χ4n) is 2.85. The van der Waals surface area contributed by atoms with E-state index in [2.05, 4.69) is 26.0 Å². The molecule has 3 rings (SSSR count). The predicted molar refractivity (Wildman–Crippen MR) is 110 cm³/mol. The molecule has 1 unspecified atom stereocenters. The minimum Gasteiger partial charge on any atom is -0.465 e. The van der Waals surface area contributed by atoms with Gasteiger partial charge in [0.05, 0.1) is 12.7 Å². The van der Waals surface area contributed by atoms with Crippen LogP contribution < -0.4 is 5.32 Å². The van der Waals surface area contributed by atoms with Crippen LogP contribution in [0.2, 0.25) is 0 Å². The molecule has 0 aliphatic heterocycles. The van der Waals surface area contributed by atoms with E-state index in [0.29, 0.717) is 11.3 Å². The number of esters is 1. The number of carbonyl (C=O) groups is 1. The lowest BCUT2D eigenvalue weighted by molar-refractivity contribution is -0.144. The molecule has 150 valence electrons. The fourth-order valence-corrected chi connectivity index (χ4v) is 3.12.